The molecule has 3 rings (SSSR count). The Hall–Kier alpha value is -2.98. The molecule has 2 aromatic carbocycles. The van der Waals surface area contributed by atoms with E-state index in [1.54, 1.807) is 13.0 Å². The molecule has 1 heterocycles. The molecule has 0 spiro atoms. The Balaban J connectivity index is 1.90. The van der Waals surface area contributed by atoms with Gasteiger partial charge in [0.05, 0.1) is 11.4 Å². The van der Waals surface area contributed by atoms with E-state index in [0.29, 0.717) is 30.6 Å². The van der Waals surface area contributed by atoms with Gasteiger partial charge in [0.25, 0.3) is 5.91 Å². The van der Waals surface area contributed by atoms with Crippen molar-refractivity contribution >= 4 is 27.5 Å². The number of carbonyl (C=O) groups excluding carboxylic acids is 2. The Kier molecular flexibility index (Phi) is 11.5. The highest BCUT2D eigenvalue weighted by Gasteiger charge is 2.23. The average molecular weight is 575 g/mol. The predicted molar refractivity (Wildman–Crippen MR) is 158 cm³/mol. The number of hydrogen-bond donors (Lipinski definition) is 3. The summed E-state index contributed by atoms with van der Waals surface area (Å²) in [4.78, 5) is 26.0. The van der Waals surface area contributed by atoms with Gasteiger partial charge in [-0.3, -0.25) is 13.9 Å². The molecule has 3 N–H and O–H groups in total. The van der Waals surface area contributed by atoms with E-state index in [2.05, 4.69) is 28.1 Å². The lowest BCUT2D eigenvalue weighted by atomic mass is 9.97. The van der Waals surface area contributed by atoms with E-state index in [4.69, 9.17) is 0 Å². The summed E-state index contributed by atoms with van der Waals surface area (Å²) in [5.41, 5.74) is 3.92. The predicted octanol–water partition coefficient (Wildman–Crippen LogP) is 3.39. The van der Waals surface area contributed by atoms with Gasteiger partial charge < -0.3 is 16.0 Å². The smallest absolute Gasteiger partial charge is 0.251 e. The summed E-state index contributed by atoms with van der Waals surface area (Å²) < 4.78 is 40.2. The Morgan fingerprint density at radius 1 is 1.10 bits per heavy atom. The van der Waals surface area contributed by atoms with E-state index in [-0.39, 0.29) is 24.1 Å². The number of carbonyl (C=O) groups is 2. The first-order valence-electron chi connectivity index (χ1n) is 14.1. The number of sulfonamides is 1. The van der Waals surface area contributed by atoms with Crippen molar-refractivity contribution in [2.24, 2.45) is 5.92 Å². The molecular weight excluding hydrogens is 531 g/mol. The van der Waals surface area contributed by atoms with Crippen LogP contribution >= 0.6 is 0 Å². The van der Waals surface area contributed by atoms with Gasteiger partial charge in [-0.1, -0.05) is 38.1 Å². The maximum atomic E-state index is 13.8. The van der Waals surface area contributed by atoms with Crippen LogP contribution in [0, 0.1) is 5.92 Å². The molecular formula is C30H43FN4O4S. The third kappa shape index (κ3) is 9.02. The highest BCUT2D eigenvalue weighted by Crippen LogP contribution is 2.23. The molecule has 1 aliphatic rings. The van der Waals surface area contributed by atoms with Crippen LogP contribution in [-0.4, -0.2) is 64.9 Å². The SMILES string of the molecule is CCS(=O)(=O)N(C)c1cc2cc(c1)C(=O)N[C@H](CN[C@@H](CF)C(=O)NCC(C)C)Cc1cccc(c1)CCCC2. The Labute approximate surface area is 238 Å². The molecule has 0 saturated carbocycles. The highest BCUT2D eigenvalue weighted by molar-refractivity contribution is 7.92. The molecule has 220 valence electrons. The molecule has 2 atom stereocenters. The van der Waals surface area contributed by atoms with Gasteiger partial charge in [-0.25, -0.2) is 12.8 Å². The van der Waals surface area contributed by atoms with Crippen LogP contribution in [-0.2, 0) is 34.1 Å². The molecule has 0 radical (unpaired) electrons. The number of rotatable bonds is 10. The minimum absolute atomic E-state index is 0.0543. The number of aryl methyl sites for hydroxylation is 2. The number of fused-ring (bicyclic) bond motifs is 4. The molecule has 8 nitrogen and oxygen atoms in total. The van der Waals surface area contributed by atoms with Gasteiger partial charge in [-0.15, -0.1) is 0 Å². The topological polar surface area (TPSA) is 108 Å². The van der Waals surface area contributed by atoms with Crippen LogP contribution in [0.2, 0.25) is 0 Å². The second kappa shape index (κ2) is 14.6. The lowest BCUT2D eigenvalue weighted by Crippen LogP contribution is -2.52. The van der Waals surface area contributed by atoms with Crippen molar-refractivity contribution in [1.82, 2.24) is 16.0 Å². The van der Waals surface area contributed by atoms with Gasteiger partial charge in [-0.05, 0) is 79.8 Å². The number of benzene rings is 2. The first-order chi connectivity index (χ1) is 19.0. The van der Waals surface area contributed by atoms with Crippen LogP contribution in [0.25, 0.3) is 0 Å². The molecule has 4 bridgehead atoms. The van der Waals surface area contributed by atoms with Gasteiger partial charge in [0.1, 0.15) is 12.7 Å². The molecule has 1 aliphatic heterocycles. The number of anilines is 1. The quantitative estimate of drug-likeness (QED) is 0.403. The summed E-state index contributed by atoms with van der Waals surface area (Å²) in [5, 5.41) is 8.81. The van der Waals surface area contributed by atoms with Gasteiger partial charge >= 0.3 is 0 Å². The van der Waals surface area contributed by atoms with Gasteiger partial charge in [0.15, 0.2) is 0 Å². The van der Waals surface area contributed by atoms with E-state index in [1.165, 1.54) is 16.9 Å². The molecule has 10 heteroatoms. The fourth-order valence-electron chi connectivity index (χ4n) is 4.71. The van der Waals surface area contributed by atoms with E-state index < -0.39 is 34.7 Å². The number of nitrogens with one attached hydrogen (secondary N) is 3. The maximum absolute atomic E-state index is 13.8. The summed E-state index contributed by atoms with van der Waals surface area (Å²) in [6.07, 6.45) is 3.94. The lowest BCUT2D eigenvalue weighted by Gasteiger charge is -2.24. The zero-order valence-corrected chi connectivity index (χ0v) is 24.8. The summed E-state index contributed by atoms with van der Waals surface area (Å²) in [6.45, 7) is 5.27. The number of hydrogen-bond acceptors (Lipinski definition) is 5. The Morgan fingerprint density at radius 2 is 1.80 bits per heavy atom. The van der Waals surface area contributed by atoms with E-state index >= 15 is 0 Å². The van der Waals surface area contributed by atoms with Crippen molar-refractivity contribution in [2.45, 2.75) is 65.0 Å². The largest absolute Gasteiger partial charge is 0.354 e. The zero-order chi connectivity index (χ0) is 29.3. The lowest BCUT2D eigenvalue weighted by molar-refractivity contribution is -0.123. The number of halogens is 1. The molecule has 2 aromatic rings. The summed E-state index contributed by atoms with van der Waals surface area (Å²) in [5.74, 6) is -0.585. The monoisotopic (exact) mass is 574 g/mol. The summed E-state index contributed by atoms with van der Waals surface area (Å²) in [7, 11) is -2.01. The first-order valence-corrected chi connectivity index (χ1v) is 15.7. The van der Waals surface area contributed by atoms with Crippen LogP contribution in [0.5, 0.6) is 0 Å². The second-order valence-corrected chi connectivity index (χ2v) is 13.2. The maximum Gasteiger partial charge on any atom is 0.251 e. The zero-order valence-electron chi connectivity index (χ0n) is 24.0. The standard InChI is InChI=1S/C30H43FN4O4S/c1-5-40(38,39)35(4)27-16-24-10-7-6-9-22-11-8-12-23(13-22)15-26(34-29(36)25(14-24)17-27)20-32-28(18-31)30(37)33-19-21(2)3/h8,11-14,16-17,21,26,28,32H,5-7,9-10,15,18-20H2,1-4H3,(H,33,37)(H,34,36)/t26-,28-/m0/s1. The van der Waals surface area contributed by atoms with E-state index in [1.807, 2.05) is 38.1 Å². The fourth-order valence-corrected chi connectivity index (χ4v) is 5.53. The number of nitrogens with zero attached hydrogens (tertiary/aromatic N) is 1. The summed E-state index contributed by atoms with van der Waals surface area (Å²) in [6, 6.07) is 12.0. The van der Waals surface area contributed by atoms with Crippen molar-refractivity contribution in [3.8, 4) is 0 Å². The molecule has 0 fully saturated rings. The van der Waals surface area contributed by atoms with E-state index in [9.17, 15) is 22.4 Å². The van der Waals surface area contributed by atoms with Crippen LogP contribution in [0.1, 0.15) is 60.7 Å². The normalized spacial score (nSPS) is 17.1. The summed E-state index contributed by atoms with van der Waals surface area (Å²) >= 11 is 0. The third-order valence-corrected chi connectivity index (χ3v) is 8.92. The molecule has 40 heavy (non-hydrogen) atoms. The average Bonchev–Trinajstić information content (AvgIpc) is 2.93. The third-order valence-electron chi connectivity index (χ3n) is 7.14. The fraction of sp³-hybridized carbons (Fsp3) is 0.533. The number of amides is 2. The molecule has 0 saturated heterocycles. The van der Waals surface area contributed by atoms with Gasteiger partial charge in [0, 0.05) is 31.7 Å². The van der Waals surface area contributed by atoms with Crippen molar-refractivity contribution in [3.63, 3.8) is 0 Å². The van der Waals surface area contributed by atoms with Crippen LogP contribution < -0.4 is 20.3 Å². The number of alkyl halides is 1. The minimum Gasteiger partial charge on any atom is -0.354 e. The van der Waals surface area contributed by atoms with Crippen molar-refractivity contribution in [1.29, 1.82) is 0 Å². The van der Waals surface area contributed by atoms with Crippen LogP contribution in [0.4, 0.5) is 10.1 Å². The van der Waals surface area contributed by atoms with Gasteiger partial charge in [0.2, 0.25) is 15.9 Å². The second-order valence-electron chi connectivity index (χ2n) is 10.9. The first kappa shape index (κ1) is 31.5. The Morgan fingerprint density at radius 3 is 2.48 bits per heavy atom. The molecule has 2 amide bonds. The molecule has 0 unspecified atom stereocenters. The highest BCUT2D eigenvalue weighted by atomic mass is 32.2. The molecule has 0 aromatic heterocycles. The van der Waals surface area contributed by atoms with Gasteiger partial charge in [-0.2, -0.15) is 0 Å². The van der Waals surface area contributed by atoms with Crippen molar-refractivity contribution in [3.05, 3.63) is 64.7 Å². The van der Waals surface area contributed by atoms with Crippen LogP contribution in [0.3, 0.4) is 0 Å². The molecule has 0 aliphatic carbocycles. The minimum atomic E-state index is -3.51. The van der Waals surface area contributed by atoms with Crippen molar-refractivity contribution in [2.75, 3.05) is 36.9 Å². The van der Waals surface area contributed by atoms with Crippen LogP contribution in [0.15, 0.2) is 42.5 Å². The van der Waals surface area contributed by atoms with E-state index in [0.717, 1.165) is 30.4 Å². The van der Waals surface area contributed by atoms with Crippen molar-refractivity contribution < 1.29 is 22.4 Å². The Bertz CT molecular complexity index is 1270.